The van der Waals surface area contributed by atoms with E-state index in [0.29, 0.717) is 25.9 Å². The Morgan fingerprint density at radius 2 is 1.76 bits per heavy atom. The summed E-state index contributed by atoms with van der Waals surface area (Å²) in [6.07, 6.45) is 0.494. The highest BCUT2D eigenvalue weighted by Crippen LogP contribution is 2.19. The Morgan fingerprint density at radius 1 is 1.16 bits per heavy atom. The first-order chi connectivity index (χ1) is 11.8. The minimum absolute atomic E-state index is 0.0348. The molecule has 1 aromatic carbocycles. The van der Waals surface area contributed by atoms with Crippen LogP contribution in [0.2, 0.25) is 0 Å². The van der Waals surface area contributed by atoms with Crippen LogP contribution >= 0.6 is 0 Å². The van der Waals surface area contributed by atoms with E-state index in [1.54, 1.807) is 4.90 Å². The molecule has 0 aromatic heterocycles. The Balaban J connectivity index is 1.85. The van der Waals surface area contributed by atoms with Gasteiger partial charge in [-0.3, -0.25) is 4.79 Å². The van der Waals surface area contributed by atoms with Gasteiger partial charge < -0.3 is 19.7 Å². The minimum atomic E-state index is -0.620. The molecule has 6 heteroatoms. The van der Waals surface area contributed by atoms with Crippen LogP contribution in [0.1, 0.15) is 45.3 Å². The first kappa shape index (κ1) is 19.2. The van der Waals surface area contributed by atoms with Crippen LogP contribution < -0.4 is 5.32 Å². The first-order valence-corrected chi connectivity index (χ1v) is 8.66. The molecule has 0 radical (unpaired) electrons. The van der Waals surface area contributed by atoms with Crippen molar-refractivity contribution in [3.8, 4) is 0 Å². The largest absolute Gasteiger partial charge is 0.444 e. The lowest BCUT2D eigenvalue weighted by atomic mass is 10.0. The summed E-state index contributed by atoms with van der Waals surface area (Å²) in [6, 6.07) is 9.45. The lowest BCUT2D eigenvalue weighted by Gasteiger charge is -2.34. The Hall–Kier alpha value is -2.08. The van der Waals surface area contributed by atoms with E-state index in [-0.39, 0.29) is 18.0 Å². The fourth-order valence-corrected chi connectivity index (χ4v) is 2.83. The summed E-state index contributed by atoms with van der Waals surface area (Å²) < 4.78 is 10.7. The van der Waals surface area contributed by atoms with Gasteiger partial charge in [0.1, 0.15) is 5.60 Å². The van der Waals surface area contributed by atoms with E-state index in [1.165, 1.54) is 7.11 Å². The molecule has 2 amide bonds. The van der Waals surface area contributed by atoms with E-state index in [4.69, 9.17) is 9.47 Å². The molecule has 1 unspecified atom stereocenters. The maximum absolute atomic E-state index is 12.5. The molecule has 1 aromatic rings. The van der Waals surface area contributed by atoms with Crippen LogP contribution in [0.25, 0.3) is 0 Å². The van der Waals surface area contributed by atoms with Gasteiger partial charge in [-0.05, 0) is 39.2 Å². The Bertz CT molecular complexity index is 575. The molecule has 1 N–H and O–H groups in total. The molecule has 25 heavy (non-hydrogen) atoms. The monoisotopic (exact) mass is 348 g/mol. The van der Waals surface area contributed by atoms with E-state index in [9.17, 15) is 9.59 Å². The highest BCUT2D eigenvalue weighted by Gasteiger charge is 2.29. The molecule has 0 bridgehead atoms. The number of ether oxygens (including phenoxy) is 2. The summed E-state index contributed by atoms with van der Waals surface area (Å²) in [5.74, 6) is -0.149. The van der Waals surface area contributed by atoms with Crippen molar-refractivity contribution in [1.29, 1.82) is 0 Å². The number of likely N-dealkylation sites (tertiary alicyclic amines) is 1. The van der Waals surface area contributed by atoms with Gasteiger partial charge in [0.05, 0.1) is 0 Å². The molecule has 138 valence electrons. The van der Waals surface area contributed by atoms with Crippen LogP contribution in [0.15, 0.2) is 30.3 Å². The van der Waals surface area contributed by atoms with E-state index in [2.05, 4.69) is 5.32 Å². The van der Waals surface area contributed by atoms with Crippen molar-refractivity contribution in [3.63, 3.8) is 0 Å². The zero-order chi connectivity index (χ0) is 18.4. The van der Waals surface area contributed by atoms with Crippen molar-refractivity contribution in [2.45, 2.75) is 51.4 Å². The second-order valence-corrected chi connectivity index (χ2v) is 7.28. The Kier molecular flexibility index (Phi) is 6.42. The lowest BCUT2D eigenvalue weighted by molar-refractivity contribution is -0.132. The molecule has 1 saturated heterocycles. The maximum Gasteiger partial charge on any atom is 0.410 e. The SMILES string of the molecule is COC(C(=O)NC1CCN(C(=O)OC(C)(C)C)CC1)c1ccccc1. The third-order valence-electron chi connectivity index (χ3n) is 4.07. The van der Waals surface area contributed by atoms with Gasteiger partial charge in [0.25, 0.3) is 5.91 Å². The third-order valence-corrected chi connectivity index (χ3v) is 4.07. The van der Waals surface area contributed by atoms with E-state index >= 15 is 0 Å². The van der Waals surface area contributed by atoms with Gasteiger partial charge in [-0.15, -0.1) is 0 Å². The number of piperidine rings is 1. The molecule has 0 spiro atoms. The number of hydrogen-bond donors (Lipinski definition) is 1. The highest BCUT2D eigenvalue weighted by atomic mass is 16.6. The van der Waals surface area contributed by atoms with Gasteiger partial charge >= 0.3 is 6.09 Å². The lowest BCUT2D eigenvalue weighted by Crippen LogP contribution is -2.48. The number of rotatable bonds is 4. The highest BCUT2D eigenvalue weighted by molar-refractivity contribution is 5.82. The van der Waals surface area contributed by atoms with Crippen molar-refractivity contribution in [3.05, 3.63) is 35.9 Å². The maximum atomic E-state index is 12.5. The van der Waals surface area contributed by atoms with E-state index in [1.807, 2.05) is 51.1 Å². The predicted molar refractivity (Wildman–Crippen MR) is 95.2 cm³/mol. The van der Waals surface area contributed by atoms with Crippen LogP contribution in [0.3, 0.4) is 0 Å². The van der Waals surface area contributed by atoms with Crippen molar-refractivity contribution >= 4 is 12.0 Å². The fourth-order valence-electron chi connectivity index (χ4n) is 2.83. The number of hydrogen-bond acceptors (Lipinski definition) is 4. The van der Waals surface area contributed by atoms with E-state index < -0.39 is 11.7 Å². The number of nitrogens with one attached hydrogen (secondary N) is 1. The van der Waals surface area contributed by atoms with Gasteiger partial charge in [0.2, 0.25) is 0 Å². The van der Waals surface area contributed by atoms with Crippen molar-refractivity contribution in [2.75, 3.05) is 20.2 Å². The summed E-state index contributed by atoms with van der Waals surface area (Å²) in [7, 11) is 1.53. The van der Waals surface area contributed by atoms with Crippen LogP contribution in [0.5, 0.6) is 0 Å². The topological polar surface area (TPSA) is 67.9 Å². The van der Waals surface area contributed by atoms with Gasteiger partial charge in [-0.25, -0.2) is 4.79 Å². The number of nitrogens with zero attached hydrogens (tertiary/aromatic N) is 1. The Morgan fingerprint density at radius 3 is 2.28 bits per heavy atom. The molecule has 1 heterocycles. The van der Waals surface area contributed by atoms with Gasteiger partial charge in [0, 0.05) is 26.2 Å². The van der Waals surface area contributed by atoms with Crippen LogP contribution in [0.4, 0.5) is 4.79 Å². The van der Waals surface area contributed by atoms with Crippen molar-refractivity contribution in [2.24, 2.45) is 0 Å². The number of carbonyl (C=O) groups excluding carboxylic acids is 2. The average Bonchev–Trinajstić information content (AvgIpc) is 2.55. The molecular formula is C19H28N2O4. The molecule has 6 nitrogen and oxygen atoms in total. The summed E-state index contributed by atoms with van der Waals surface area (Å²) >= 11 is 0. The summed E-state index contributed by atoms with van der Waals surface area (Å²) in [5.41, 5.74) is 0.331. The summed E-state index contributed by atoms with van der Waals surface area (Å²) in [5, 5.41) is 3.03. The number of benzene rings is 1. The number of methoxy groups -OCH3 is 1. The zero-order valence-corrected chi connectivity index (χ0v) is 15.5. The molecule has 0 saturated carbocycles. The van der Waals surface area contributed by atoms with Crippen molar-refractivity contribution in [1.82, 2.24) is 10.2 Å². The van der Waals surface area contributed by atoms with Crippen LogP contribution in [0, 0.1) is 0 Å². The number of amides is 2. The zero-order valence-electron chi connectivity index (χ0n) is 15.5. The molecule has 1 fully saturated rings. The molecular weight excluding hydrogens is 320 g/mol. The second kappa shape index (κ2) is 8.34. The summed E-state index contributed by atoms with van der Waals surface area (Å²) in [6.45, 7) is 6.71. The predicted octanol–water partition coefficient (Wildman–Crippen LogP) is 2.89. The smallest absolute Gasteiger partial charge is 0.410 e. The molecule has 2 rings (SSSR count). The van der Waals surface area contributed by atoms with Gasteiger partial charge in [-0.2, -0.15) is 0 Å². The minimum Gasteiger partial charge on any atom is -0.444 e. The number of carbonyl (C=O) groups is 2. The summed E-state index contributed by atoms with van der Waals surface area (Å²) in [4.78, 5) is 26.3. The van der Waals surface area contributed by atoms with E-state index in [0.717, 1.165) is 5.56 Å². The van der Waals surface area contributed by atoms with Crippen molar-refractivity contribution < 1.29 is 19.1 Å². The second-order valence-electron chi connectivity index (χ2n) is 7.28. The van der Waals surface area contributed by atoms with Crippen LogP contribution in [-0.4, -0.2) is 48.7 Å². The third kappa shape index (κ3) is 5.74. The normalized spacial score (nSPS) is 17.0. The average molecular weight is 348 g/mol. The quantitative estimate of drug-likeness (QED) is 0.908. The van der Waals surface area contributed by atoms with Gasteiger partial charge in [0.15, 0.2) is 6.10 Å². The fraction of sp³-hybridized carbons (Fsp3) is 0.579. The van der Waals surface area contributed by atoms with Crippen LogP contribution in [-0.2, 0) is 14.3 Å². The molecule has 1 aliphatic rings. The molecule has 0 aliphatic carbocycles. The molecule has 1 atom stereocenters. The standard InChI is InChI=1S/C19H28N2O4/c1-19(2,3)25-18(23)21-12-10-15(11-13-21)20-17(22)16(24-4)14-8-6-5-7-9-14/h5-9,15-16H,10-13H2,1-4H3,(H,20,22). The molecule has 1 aliphatic heterocycles. The first-order valence-electron chi connectivity index (χ1n) is 8.66. The van der Waals surface area contributed by atoms with Gasteiger partial charge in [-0.1, -0.05) is 30.3 Å². The Labute approximate surface area is 149 Å².